The van der Waals surface area contributed by atoms with Crippen LogP contribution in [0.5, 0.6) is 11.5 Å². The fourth-order valence-electron chi connectivity index (χ4n) is 3.44. The predicted octanol–water partition coefficient (Wildman–Crippen LogP) is 5.54. The molecule has 2 heterocycles. The fourth-order valence-corrected chi connectivity index (χ4v) is 3.44. The Bertz CT molecular complexity index is 1320. The molecule has 0 radical (unpaired) electrons. The maximum Gasteiger partial charge on any atom is 0.244 e. The van der Waals surface area contributed by atoms with E-state index in [1.807, 2.05) is 13.8 Å². The van der Waals surface area contributed by atoms with E-state index in [0.717, 1.165) is 16.9 Å². The minimum atomic E-state index is -0.552. The molecule has 1 atom stereocenters. The zero-order valence-corrected chi connectivity index (χ0v) is 18.6. The molecule has 0 aliphatic rings. The van der Waals surface area contributed by atoms with Gasteiger partial charge >= 0.3 is 0 Å². The highest BCUT2D eigenvalue weighted by Gasteiger charge is 2.15. The van der Waals surface area contributed by atoms with E-state index in [9.17, 15) is 13.6 Å². The molecule has 4 aromatic rings. The lowest BCUT2D eigenvalue weighted by Gasteiger charge is -2.13. The Labute approximate surface area is 195 Å². The third-order valence-electron chi connectivity index (χ3n) is 5.19. The molecular formula is C26H22F2N4O2. The fraction of sp³-hybridized carbons (Fsp3) is 0.115. The number of benzene rings is 2. The van der Waals surface area contributed by atoms with Gasteiger partial charge in [-0.2, -0.15) is 5.10 Å². The zero-order chi connectivity index (χ0) is 24.1. The summed E-state index contributed by atoms with van der Waals surface area (Å²) in [5.74, 6) is -0.717. The smallest absolute Gasteiger partial charge is 0.244 e. The van der Waals surface area contributed by atoms with E-state index in [4.69, 9.17) is 4.74 Å². The van der Waals surface area contributed by atoms with Crippen molar-refractivity contribution in [3.05, 3.63) is 108 Å². The lowest BCUT2D eigenvalue weighted by atomic mass is 10.1. The van der Waals surface area contributed by atoms with E-state index in [1.54, 1.807) is 47.4 Å². The van der Waals surface area contributed by atoms with Crippen LogP contribution in [0, 0.1) is 18.6 Å². The van der Waals surface area contributed by atoms with Crippen molar-refractivity contribution in [2.24, 2.45) is 0 Å². The summed E-state index contributed by atoms with van der Waals surface area (Å²) in [4.78, 5) is 16.4. The molecule has 1 amide bonds. The van der Waals surface area contributed by atoms with Gasteiger partial charge in [0.25, 0.3) is 0 Å². The van der Waals surface area contributed by atoms with Gasteiger partial charge in [0.15, 0.2) is 11.6 Å². The average Bonchev–Trinajstić information content (AvgIpc) is 3.22. The molecule has 6 nitrogen and oxygen atoms in total. The molecule has 0 saturated heterocycles. The number of ether oxygens (including phenoxy) is 1. The van der Waals surface area contributed by atoms with Crippen molar-refractivity contribution in [3.8, 4) is 17.2 Å². The van der Waals surface area contributed by atoms with Gasteiger partial charge in [-0.05, 0) is 74.0 Å². The number of hydrogen-bond acceptors (Lipinski definition) is 4. The molecule has 1 N–H and O–H groups in total. The Morgan fingerprint density at radius 1 is 1.12 bits per heavy atom. The first-order valence-corrected chi connectivity index (χ1v) is 10.6. The summed E-state index contributed by atoms with van der Waals surface area (Å²) in [7, 11) is 0. The number of pyridine rings is 1. The predicted molar refractivity (Wildman–Crippen MR) is 125 cm³/mol. The summed E-state index contributed by atoms with van der Waals surface area (Å²) >= 11 is 0. The molecule has 0 aliphatic heterocycles. The van der Waals surface area contributed by atoms with Crippen molar-refractivity contribution in [2.75, 3.05) is 0 Å². The maximum absolute atomic E-state index is 14.4. The lowest BCUT2D eigenvalue weighted by Crippen LogP contribution is -2.25. The van der Waals surface area contributed by atoms with Crippen molar-refractivity contribution in [2.45, 2.75) is 19.9 Å². The quantitative estimate of drug-likeness (QED) is 0.368. The van der Waals surface area contributed by atoms with E-state index in [0.29, 0.717) is 11.3 Å². The van der Waals surface area contributed by atoms with E-state index in [-0.39, 0.29) is 23.5 Å². The van der Waals surface area contributed by atoms with Gasteiger partial charge in [-0.1, -0.05) is 6.07 Å². The standard InChI is InChI=1S/C26H22F2N4O2/c1-17(23-16-30-32(18(23)2)21-9-7-20(27)8-10-21)31-26(33)12-6-19-5-11-25(24(28)14-19)34-22-4-3-13-29-15-22/h3-17H,1-2H3,(H,31,33)/b12-6+. The Hall–Kier alpha value is -4.33. The van der Waals surface area contributed by atoms with Gasteiger partial charge in [-0.15, -0.1) is 0 Å². The zero-order valence-electron chi connectivity index (χ0n) is 18.6. The summed E-state index contributed by atoms with van der Waals surface area (Å²) in [6, 6.07) is 13.5. The molecule has 8 heteroatoms. The van der Waals surface area contributed by atoms with Gasteiger partial charge in [0.05, 0.1) is 24.1 Å². The van der Waals surface area contributed by atoms with Crippen molar-refractivity contribution >= 4 is 12.0 Å². The van der Waals surface area contributed by atoms with E-state index >= 15 is 0 Å². The van der Waals surface area contributed by atoms with Crippen LogP contribution in [-0.4, -0.2) is 20.7 Å². The molecule has 0 bridgehead atoms. The molecule has 0 spiro atoms. The van der Waals surface area contributed by atoms with Gasteiger partial charge < -0.3 is 10.1 Å². The Balaban J connectivity index is 1.39. The van der Waals surface area contributed by atoms with Crippen LogP contribution in [0.25, 0.3) is 11.8 Å². The van der Waals surface area contributed by atoms with Crippen LogP contribution in [0.1, 0.15) is 29.8 Å². The van der Waals surface area contributed by atoms with Crippen LogP contribution in [0.4, 0.5) is 8.78 Å². The van der Waals surface area contributed by atoms with Crippen LogP contribution in [0.15, 0.2) is 79.3 Å². The highest BCUT2D eigenvalue weighted by atomic mass is 19.1. The third kappa shape index (κ3) is 5.35. The molecule has 172 valence electrons. The Kier molecular flexibility index (Phi) is 6.77. The van der Waals surface area contributed by atoms with Crippen LogP contribution >= 0.6 is 0 Å². The van der Waals surface area contributed by atoms with E-state index in [1.165, 1.54) is 42.6 Å². The number of carbonyl (C=O) groups excluding carboxylic acids is 1. The number of nitrogens with zero attached hydrogens (tertiary/aromatic N) is 3. The summed E-state index contributed by atoms with van der Waals surface area (Å²) in [6.07, 6.45) is 7.62. The highest BCUT2D eigenvalue weighted by Crippen LogP contribution is 2.25. The average molecular weight is 460 g/mol. The second-order valence-corrected chi connectivity index (χ2v) is 7.62. The Morgan fingerprint density at radius 2 is 1.91 bits per heavy atom. The Morgan fingerprint density at radius 3 is 2.62 bits per heavy atom. The van der Waals surface area contributed by atoms with E-state index < -0.39 is 5.82 Å². The maximum atomic E-state index is 14.4. The molecule has 2 aromatic carbocycles. The van der Waals surface area contributed by atoms with Crippen LogP contribution in [-0.2, 0) is 4.79 Å². The first-order chi connectivity index (χ1) is 16.4. The summed E-state index contributed by atoms with van der Waals surface area (Å²) < 4.78 is 34.7. The molecule has 1 unspecified atom stereocenters. The first kappa shape index (κ1) is 22.8. The summed E-state index contributed by atoms with van der Waals surface area (Å²) in [5.41, 5.74) is 2.89. The number of amides is 1. The molecule has 4 rings (SSSR count). The number of hydrogen-bond donors (Lipinski definition) is 1. The number of rotatable bonds is 7. The summed E-state index contributed by atoms with van der Waals surface area (Å²) in [6.45, 7) is 3.72. The highest BCUT2D eigenvalue weighted by molar-refractivity contribution is 5.92. The minimum Gasteiger partial charge on any atom is -0.453 e. The van der Waals surface area contributed by atoms with Crippen molar-refractivity contribution < 1.29 is 18.3 Å². The number of carbonyl (C=O) groups is 1. The first-order valence-electron chi connectivity index (χ1n) is 10.6. The summed E-state index contributed by atoms with van der Waals surface area (Å²) in [5, 5.41) is 7.23. The number of aromatic nitrogens is 3. The van der Waals surface area contributed by atoms with Gasteiger partial charge in [-0.3, -0.25) is 9.78 Å². The molecule has 0 aliphatic carbocycles. The van der Waals surface area contributed by atoms with E-state index in [2.05, 4.69) is 15.4 Å². The number of nitrogens with one attached hydrogen (secondary N) is 1. The molecule has 0 fully saturated rings. The van der Waals surface area contributed by atoms with Crippen LogP contribution < -0.4 is 10.1 Å². The monoisotopic (exact) mass is 460 g/mol. The normalized spacial score (nSPS) is 12.0. The van der Waals surface area contributed by atoms with Crippen molar-refractivity contribution in [1.29, 1.82) is 0 Å². The van der Waals surface area contributed by atoms with Crippen molar-refractivity contribution in [1.82, 2.24) is 20.1 Å². The molecule has 0 saturated carbocycles. The molecular weight excluding hydrogens is 438 g/mol. The van der Waals surface area contributed by atoms with Crippen LogP contribution in [0.2, 0.25) is 0 Å². The van der Waals surface area contributed by atoms with Gasteiger partial charge in [0.1, 0.15) is 11.6 Å². The minimum absolute atomic E-state index is 0.0665. The van der Waals surface area contributed by atoms with Gasteiger partial charge in [0.2, 0.25) is 5.91 Å². The van der Waals surface area contributed by atoms with Crippen LogP contribution in [0.3, 0.4) is 0 Å². The largest absolute Gasteiger partial charge is 0.453 e. The lowest BCUT2D eigenvalue weighted by molar-refractivity contribution is -0.117. The topological polar surface area (TPSA) is 69.0 Å². The van der Waals surface area contributed by atoms with Gasteiger partial charge in [-0.25, -0.2) is 13.5 Å². The molecule has 2 aromatic heterocycles. The second kappa shape index (κ2) is 10.1. The second-order valence-electron chi connectivity index (χ2n) is 7.62. The number of halogens is 2. The van der Waals surface area contributed by atoms with Crippen molar-refractivity contribution in [3.63, 3.8) is 0 Å². The van der Waals surface area contributed by atoms with Gasteiger partial charge in [0, 0.05) is 23.5 Å². The molecule has 34 heavy (non-hydrogen) atoms. The third-order valence-corrected chi connectivity index (χ3v) is 5.19. The SMILES string of the molecule is Cc1c(C(C)NC(=O)/C=C/c2ccc(Oc3cccnc3)c(F)c2)cnn1-c1ccc(F)cc1.